The van der Waals surface area contributed by atoms with Gasteiger partial charge in [-0.25, -0.2) is 0 Å². The second-order valence-electron chi connectivity index (χ2n) is 7.93. The van der Waals surface area contributed by atoms with Crippen LogP contribution in [-0.2, 0) is 17.8 Å². The van der Waals surface area contributed by atoms with Gasteiger partial charge in [0.1, 0.15) is 12.4 Å². The summed E-state index contributed by atoms with van der Waals surface area (Å²) < 4.78 is 27.8. The first kappa shape index (κ1) is 21.0. The van der Waals surface area contributed by atoms with Crippen molar-refractivity contribution in [1.82, 2.24) is 4.90 Å². The molecule has 7 heteroatoms. The number of carbonyl (C=O) groups is 1. The summed E-state index contributed by atoms with van der Waals surface area (Å²) in [6.07, 6.45) is 0.276. The summed E-state index contributed by atoms with van der Waals surface area (Å²) in [5.41, 5.74) is 3.76. The van der Waals surface area contributed by atoms with E-state index in [0.29, 0.717) is 42.7 Å². The summed E-state index contributed by atoms with van der Waals surface area (Å²) in [7, 11) is 3.27. The highest BCUT2D eigenvalue weighted by molar-refractivity contribution is 5.79. The largest absolute Gasteiger partial charge is 0.497 e. The Morgan fingerprint density at radius 1 is 0.939 bits per heavy atom. The molecular weight excluding hydrogens is 422 g/mol. The minimum atomic E-state index is 0.0241. The molecule has 0 fully saturated rings. The van der Waals surface area contributed by atoms with Gasteiger partial charge in [-0.3, -0.25) is 4.79 Å². The normalized spacial score (nSPS) is 14.2. The highest BCUT2D eigenvalue weighted by atomic mass is 16.7. The van der Waals surface area contributed by atoms with Gasteiger partial charge in [-0.05, 0) is 53.1 Å². The third-order valence-electron chi connectivity index (χ3n) is 5.87. The maximum absolute atomic E-state index is 13.2. The van der Waals surface area contributed by atoms with E-state index < -0.39 is 0 Å². The molecule has 0 saturated heterocycles. The van der Waals surface area contributed by atoms with Gasteiger partial charge in [0, 0.05) is 12.1 Å². The van der Waals surface area contributed by atoms with Crippen molar-refractivity contribution in [3.8, 4) is 39.9 Å². The van der Waals surface area contributed by atoms with Gasteiger partial charge in [0.25, 0.3) is 0 Å². The Hall–Kier alpha value is -3.87. The summed E-state index contributed by atoms with van der Waals surface area (Å²) >= 11 is 0. The first-order valence-corrected chi connectivity index (χ1v) is 10.8. The van der Waals surface area contributed by atoms with Crippen LogP contribution in [0.5, 0.6) is 28.7 Å². The minimum Gasteiger partial charge on any atom is -0.497 e. The third kappa shape index (κ3) is 4.26. The minimum absolute atomic E-state index is 0.0241. The molecular formula is C26H25NO6. The Balaban J connectivity index is 1.41. The third-order valence-corrected chi connectivity index (χ3v) is 5.87. The highest BCUT2D eigenvalue weighted by Crippen LogP contribution is 2.39. The maximum Gasteiger partial charge on any atom is 0.231 e. The average molecular weight is 447 g/mol. The topological polar surface area (TPSA) is 66.5 Å². The van der Waals surface area contributed by atoms with Crippen LogP contribution >= 0.6 is 0 Å². The second kappa shape index (κ2) is 8.94. The summed E-state index contributed by atoms with van der Waals surface area (Å²) in [5.74, 6) is 3.52. The zero-order valence-electron chi connectivity index (χ0n) is 18.6. The molecule has 0 saturated carbocycles. The molecule has 2 heterocycles. The van der Waals surface area contributed by atoms with Crippen LogP contribution in [0.2, 0.25) is 0 Å². The van der Waals surface area contributed by atoms with E-state index in [1.807, 2.05) is 53.4 Å². The molecule has 5 rings (SSSR count). The molecule has 7 nitrogen and oxygen atoms in total. The predicted octanol–water partition coefficient (Wildman–Crippen LogP) is 4.06. The molecule has 0 aliphatic carbocycles. The Morgan fingerprint density at radius 3 is 2.67 bits per heavy atom. The lowest BCUT2D eigenvalue weighted by Crippen LogP contribution is -2.33. The number of nitrogens with zero attached hydrogens (tertiary/aromatic N) is 1. The monoisotopic (exact) mass is 447 g/mol. The van der Waals surface area contributed by atoms with Crippen molar-refractivity contribution in [3.05, 3.63) is 65.7 Å². The summed E-state index contributed by atoms with van der Waals surface area (Å²) in [6.45, 7) is 1.54. The smallest absolute Gasteiger partial charge is 0.231 e. The Labute approximate surface area is 192 Å². The van der Waals surface area contributed by atoms with Crippen molar-refractivity contribution in [2.75, 3.05) is 34.2 Å². The number of rotatable bonds is 5. The van der Waals surface area contributed by atoms with Crippen molar-refractivity contribution in [1.29, 1.82) is 0 Å². The summed E-state index contributed by atoms with van der Waals surface area (Å²) in [5, 5.41) is 0. The molecule has 3 aromatic carbocycles. The van der Waals surface area contributed by atoms with E-state index >= 15 is 0 Å². The first-order chi connectivity index (χ1) is 16.1. The number of amides is 1. The van der Waals surface area contributed by atoms with Crippen LogP contribution in [0, 0.1) is 0 Å². The standard InChI is InChI=1S/C26H25NO6/c1-29-21-5-3-4-18(13-21)19-12-20-15-27(8-9-31-26(20)24(14-19)30-2)25(28)11-17-6-7-22-23(10-17)33-16-32-22/h3-7,10,12-14H,8-9,11,15-16H2,1-2H3. The van der Waals surface area contributed by atoms with E-state index in [2.05, 4.69) is 6.07 Å². The Morgan fingerprint density at radius 2 is 1.82 bits per heavy atom. The number of carbonyl (C=O) groups excluding carboxylic acids is 1. The van der Waals surface area contributed by atoms with Gasteiger partial charge in [0.05, 0.1) is 27.2 Å². The first-order valence-electron chi connectivity index (χ1n) is 10.8. The van der Waals surface area contributed by atoms with Crippen LogP contribution in [0.3, 0.4) is 0 Å². The lowest BCUT2D eigenvalue weighted by molar-refractivity contribution is -0.131. The van der Waals surface area contributed by atoms with E-state index in [0.717, 1.165) is 28.0 Å². The number of methoxy groups -OCH3 is 2. The van der Waals surface area contributed by atoms with E-state index in [-0.39, 0.29) is 19.1 Å². The lowest BCUT2D eigenvalue weighted by Gasteiger charge is -2.20. The van der Waals surface area contributed by atoms with Gasteiger partial charge in [0.2, 0.25) is 12.7 Å². The molecule has 0 aromatic heterocycles. The number of benzene rings is 3. The number of hydrogen-bond donors (Lipinski definition) is 0. The molecule has 1 amide bonds. The molecule has 0 radical (unpaired) electrons. The van der Waals surface area contributed by atoms with E-state index in [1.165, 1.54) is 0 Å². The van der Waals surface area contributed by atoms with Gasteiger partial charge in [-0.1, -0.05) is 18.2 Å². The van der Waals surface area contributed by atoms with Crippen LogP contribution in [0.25, 0.3) is 11.1 Å². The molecule has 0 spiro atoms. The van der Waals surface area contributed by atoms with Crippen molar-refractivity contribution >= 4 is 5.91 Å². The Bertz CT molecular complexity index is 1190. The van der Waals surface area contributed by atoms with Crippen LogP contribution in [-0.4, -0.2) is 45.0 Å². The summed E-state index contributed by atoms with van der Waals surface area (Å²) in [4.78, 5) is 15.0. The SMILES string of the molecule is COc1cccc(-c2cc3c(c(OC)c2)OCCN(C(=O)Cc2ccc4c(c2)OCO4)C3)c1. The van der Waals surface area contributed by atoms with E-state index in [4.69, 9.17) is 23.7 Å². The highest BCUT2D eigenvalue weighted by Gasteiger charge is 2.24. The van der Waals surface area contributed by atoms with Crippen molar-refractivity contribution < 1.29 is 28.5 Å². The average Bonchev–Trinajstić information content (AvgIpc) is 3.20. The van der Waals surface area contributed by atoms with Gasteiger partial charge >= 0.3 is 0 Å². The maximum atomic E-state index is 13.2. The fourth-order valence-corrected chi connectivity index (χ4v) is 4.15. The molecule has 170 valence electrons. The number of ether oxygens (including phenoxy) is 5. The van der Waals surface area contributed by atoms with Gasteiger partial charge in [0.15, 0.2) is 23.0 Å². The zero-order chi connectivity index (χ0) is 22.8. The number of fused-ring (bicyclic) bond motifs is 2. The molecule has 33 heavy (non-hydrogen) atoms. The van der Waals surface area contributed by atoms with Crippen LogP contribution in [0.15, 0.2) is 54.6 Å². The van der Waals surface area contributed by atoms with Crippen LogP contribution < -0.4 is 23.7 Å². The Kier molecular flexibility index (Phi) is 5.69. The van der Waals surface area contributed by atoms with E-state index in [1.54, 1.807) is 14.2 Å². The lowest BCUT2D eigenvalue weighted by atomic mass is 10.0. The molecule has 3 aromatic rings. The quantitative estimate of drug-likeness (QED) is 0.588. The second-order valence-corrected chi connectivity index (χ2v) is 7.93. The van der Waals surface area contributed by atoms with Crippen molar-refractivity contribution in [3.63, 3.8) is 0 Å². The van der Waals surface area contributed by atoms with Gasteiger partial charge < -0.3 is 28.6 Å². The predicted molar refractivity (Wildman–Crippen MR) is 122 cm³/mol. The van der Waals surface area contributed by atoms with Gasteiger partial charge in [-0.15, -0.1) is 0 Å². The molecule has 0 bridgehead atoms. The van der Waals surface area contributed by atoms with Crippen LogP contribution in [0.4, 0.5) is 0 Å². The van der Waals surface area contributed by atoms with E-state index in [9.17, 15) is 4.79 Å². The van der Waals surface area contributed by atoms with Gasteiger partial charge in [-0.2, -0.15) is 0 Å². The molecule has 2 aliphatic rings. The molecule has 0 atom stereocenters. The fraction of sp³-hybridized carbons (Fsp3) is 0.269. The van der Waals surface area contributed by atoms with Crippen molar-refractivity contribution in [2.45, 2.75) is 13.0 Å². The van der Waals surface area contributed by atoms with Crippen LogP contribution in [0.1, 0.15) is 11.1 Å². The zero-order valence-corrected chi connectivity index (χ0v) is 18.6. The molecule has 2 aliphatic heterocycles. The van der Waals surface area contributed by atoms with Crippen molar-refractivity contribution in [2.24, 2.45) is 0 Å². The fourth-order valence-electron chi connectivity index (χ4n) is 4.15. The summed E-state index contributed by atoms with van der Waals surface area (Å²) in [6, 6.07) is 17.5. The number of hydrogen-bond acceptors (Lipinski definition) is 6. The molecule has 0 N–H and O–H groups in total. The molecule has 0 unspecified atom stereocenters.